The van der Waals surface area contributed by atoms with Gasteiger partial charge in [-0.3, -0.25) is 5.21 Å². The molecule has 0 bridgehead atoms. The van der Waals surface area contributed by atoms with Crippen molar-refractivity contribution in [3.05, 3.63) is 42.1 Å². The Morgan fingerprint density at radius 3 is 2.43 bits per heavy atom. The number of benzene rings is 1. The molecule has 3 heteroatoms. The van der Waals surface area contributed by atoms with E-state index in [1.54, 1.807) is 6.08 Å². The van der Waals surface area contributed by atoms with Gasteiger partial charge in [-0.2, -0.15) is 0 Å². The molecule has 0 amide bonds. The molecule has 1 aliphatic heterocycles. The van der Waals surface area contributed by atoms with E-state index in [1.807, 2.05) is 24.3 Å². The summed E-state index contributed by atoms with van der Waals surface area (Å²) in [5.41, 5.74) is 2.27. The van der Waals surface area contributed by atoms with Crippen molar-refractivity contribution in [1.29, 1.82) is 0 Å². The monoisotopic (exact) mass is 315 g/mol. The Morgan fingerprint density at radius 2 is 1.70 bits per heavy atom. The molecule has 0 saturated carbocycles. The van der Waals surface area contributed by atoms with Crippen LogP contribution in [0.5, 0.6) is 5.75 Å². The highest BCUT2D eigenvalue weighted by molar-refractivity contribution is 5.75. The van der Waals surface area contributed by atoms with Crippen LogP contribution < -0.4 is 9.80 Å². The van der Waals surface area contributed by atoms with Crippen LogP contribution in [0.3, 0.4) is 0 Å². The second kappa shape index (κ2) is 9.41. The number of fused-ring (bicyclic) bond motifs is 1. The Hall–Kier alpha value is -1.74. The average molecular weight is 315 g/mol. The molecule has 1 N–H and O–H groups in total. The molecule has 0 atom stereocenters. The third-order valence-corrected chi connectivity index (χ3v) is 4.22. The van der Waals surface area contributed by atoms with Crippen LogP contribution in [-0.4, -0.2) is 11.8 Å². The van der Waals surface area contributed by atoms with Crippen molar-refractivity contribution in [3.63, 3.8) is 0 Å². The van der Waals surface area contributed by atoms with Crippen LogP contribution in [0.1, 0.15) is 63.9 Å². The van der Waals surface area contributed by atoms with Gasteiger partial charge >= 0.3 is 0 Å². The van der Waals surface area contributed by atoms with E-state index in [2.05, 4.69) is 13.5 Å². The molecule has 0 aromatic heterocycles. The van der Waals surface area contributed by atoms with Crippen LogP contribution in [0.2, 0.25) is 0 Å². The number of nitrogens with zero attached hydrogens (tertiary/aromatic N) is 1. The Kier molecular flexibility index (Phi) is 7.21. The molecule has 0 aliphatic carbocycles. The van der Waals surface area contributed by atoms with Gasteiger partial charge in [-0.15, -0.1) is 0 Å². The molecule has 3 nitrogen and oxygen atoms in total. The topological polar surface area (TPSA) is 32.7 Å². The molecule has 0 saturated heterocycles. The van der Waals surface area contributed by atoms with Crippen LogP contribution in [-0.2, 0) is 0 Å². The van der Waals surface area contributed by atoms with Gasteiger partial charge in [0.1, 0.15) is 5.75 Å². The highest BCUT2D eigenvalue weighted by Crippen LogP contribution is 2.31. The lowest BCUT2D eigenvalue weighted by Gasteiger charge is -2.23. The fourth-order valence-corrected chi connectivity index (χ4v) is 2.79. The third-order valence-electron chi connectivity index (χ3n) is 4.22. The SMILES string of the molecule is C=C1C=Cc2cc(OCCCCCCCCCC)ccc2N1O. The first-order valence-electron chi connectivity index (χ1n) is 8.85. The first-order valence-corrected chi connectivity index (χ1v) is 8.85. The number of allylic oxidation sites excluding steroid dienone is 1. The summed E-state index contributed by atoms with van der Waals surface area (Å²) in [4.78, 5) is 0. The van der Waals surface area contributed by atoms with E-state index in [0.717, 1.165) is 35.1 Å². The molecule has 126 valence electrons. The summed E-state index contributed by atoms with van der Waals surface area (Å²) in [6, 6.07) is 5.73. The van der Waals surface area contributed by atoms with Crippen LogP contribution in [0.25, 0.3) is 6.08 Å². The quantitative estimate of drug-likeness (QED) is 0.542. The molecule has 1 aromatic rings. The molecule has 0 radical (unpaired) electrons. The fraction of sp³-hybridized carbons (Fsp3) is 0.500. The predicted molar refractivity (Wildman–Crippen MR) is 97.0 cm³/mol. The smallest absolute Gasteiger partial charge is 0.120 e. The molecule has 23 heavy (non-hydrogen) atoms. The zero-order valence-electron chi connectivity index (χ0n) is 14.3. The minimum atomic E-state index is 0.574. The third kappa shape index (κ3) is 5.43. The lowest BCUT2D eigenvalue weighted by molar-refractivity contribution is 0.286. The van der Waals surface area contributed by atoms with Crippen molar-refractivity contribution < 1.29 is 9.94 Å². The van der Waals surface area contributed by atoms with Crippen molar-refractivity contribution in [1.82, 2.24) is 0 Å². The first kappa shape index (κ1) is 17.6. The van der Waals surface area contributed by atoms with E-state index in [4.69, 9.17) is 4.74 Å². The van der Waals surface area contributed by atoms with Gasteiger partial charge in [0.2, 0.25) is 0 Å². The second-order valence-electron chi connectivity index (χ2n) is 6.18. The summed E-state index contributed by atoms with van der Waals surface area (Å²) in [6.07, 6.45) is 14.2. The van der Waals surface area contributed by atoms with Crippen LogP contribution in [0, 0.1) is 0 Å². The van der Waals surface area contributed by atoms with Gasteiger partial charge in [0, 0.05) is 5.56 Å². The Balaban J connectivity index is 1.66. The van der Waals surface area contributed by atoms with Gasteiger partial charge in [-0.25, -0.2) is 5.06 Å². The van der Waals surface area contributed by atoms with Crippen molar-refractivity contribution in [3.8, 4) is 5.75 Å². The highest BCUT2D eigenvalue weighted by atomic mass is 16.5. The Labute approximate surface area is 140 Å². The zero-order chi connectivity index (χ0) is 16.5. The van der Waals surface area contributed by atoms with E-state index in [-0.39, 0.29) is 0 Å². The van der Waals surface area contributed by atoms with Crippen LogP contribution in [0.15, 0.2) is 36.6 Å². The van der Waals surface area contributed by atoms with Crippen molar-refractivity contribution in [2.75, 3.05) is 11.7 Å². The van der Waals surface area contributed by atoms with Crippen molar-refractivity contribution >= 4 is 11.8 Å². The summed E-state index contributed by atoms with van der Waals surface area (Å²) < 4.78 is 5.82. The zero-order valence-corrected chi connectivity index (χ0v) is 14.3. The Bertz CT molecular complexity index is 536. The number of rotatable bonds is 10. The predicted octanol–water partition coefficient (Wildman–Crippen LogP) is 5.94. The summed E-state index contributed by atoms with van der Waals surface area (Å²) in [5, 5.41) is 11.0. The number of anilines is 1. The maximum atomic E-state index is 9.91. The van der Waals surface area contributed by atoms with E-state index in [9.17, 15) is 5.21 Å². The molecular formula is C20H29NO2. The maximum absolute atomic E-state index is 9.91. The number of hydrogen-bond acceptors (Lipinski definition) is 3. The Morgan fingerprint density at radius 1 is 1.00 bits per heavy atom. The lowest BCUT2D eigenvalue weighted by atomic mass is 10.1. The van der Waals surface area contributed by atoms with Crippen LogP contribution in [0.4, 0.5) is 5.69 Å². The van der Waals surface area contributed by atoms with E-state index in [1.165, 1.54) is 44.9 Å². The van der Waals surface area contributed by atoms with Crippen molar-refractivity contribution in [2.24, 2.45) is 0 Å². The molecule has 1 aliphatic rings. The molecule has 0 unspecified atom stereocenters. The molecule has 1 heterocycles. The van der Waals surface area contributed by atoms with E-state index in [0.29, 0.717) is 5.70 Å². The van der Waals surface area contributed by atoms with Crippen molar-refractivity contribution in [2.45, 2.75) is 58.3 Å². The number of hydroxylamine groups is 1. The van der Waals surface area contributed by atoms with Crippen LogP contribution >= 0.6 is 0 Å². The normalized spacial score (nSPS) is 13.3. The second-order valence-corrected chi connectivity index (χ2v) is 6.18. The van der Waals surface area contributed by atoms with Gasteiger partial charge in [-0.1, -0.05) is 64.5 Å². The maximum Gasteiger partial charge on any atom is 0.120 e. The number of ether oxygens (including phenoxy) is 1. The number of unbranched alkanes of at least 4 members (excludes halogenated alkanes) is 7. The van der Waals surface area contributed by atoms with Gasteiger partial charge in [0.15, 0.2) is 0 Å². The molecule has 1 aromatic carbocycles. The number of hydrogen-bond donors (Lipinski definition) is 1. The minimum Gasteiger partial charge on any atom is -0.494 e. The largest absolute Gasteiger partial charge is 0.494 e. The molecule has 2 rings (SSSR count). The van der Waals surface area contributed by atoms with Gasteiger partial charge in [-0.05, 0) is 30.7 Å². The van der Waals surface area contributed by atoms with E-state index < -0.39 is 0 Å². The molecule has 0 fully saturated rings. The average Bonchev–Trinajstić information content (AvgIpc) is 2.57. The summed E-state index contributed by atoms with van der Waals surface area (Å²) in [7, 11) is 0. The molecular weight excluding hydrogens is 286 g/mol. The summed E-state index contributed by atoms with van der Waals surface area (Å²) >= 11 is 0. The lowest BCUT2D eigenvalue weighted by Crippen LogP contribution is -2.18. The summed E-state index contributed by atoms with van der Waals surface area (Å²) in [6.45, 7) is 6.79. The molecule has 0 spiro atoms. The first-order chi connectivity index (χ1) is 11.2. The fourth-order valence-electron chi connectivity index (χ4n) is 2.79. The van der Waals surface area contributed by atoms with Gasteiger partial charge < -0.3 is 4.74 Å². The highest BCUT2D eigenvalue weighted by Gasteiger charge is 2.14. The summed E-state index contributed by atoms with van der Waals surface area (Å²) in [5.74, 6) is 0.859. The van der Waals surface area contributed by atoms with Gasteiger partial charge in [0.25, 0.3) is 0 Å². The van der Waals surface area contributed by atoms with Gasteiger partial charge in [0.05, 0.1) is 18.0 Å². The standard InChI is InChI=1S/C20H29NO2/c1-3-4-5-6-7-8-9-10-15-23-19-13-14-20-18(16-19)12-11-17(2)21(20)22/h11-14,16,22H,2-10,15H2,1H3. The minimum absolute atomic E-state index is 0.574. The van der Waals surface area contributed by atoms with E-state index >= 15 is 0 Å².